The Hall–Kier alpha value is -0.720. The fraction of sp³-hybridized carbons (Fsp3) is 0.562. The number of carbonyl (C=O) groups is 1. The van der Waals surface area contributed by atoms with Gasteiger partial charge in [-0.25, -0.2) is 8.78 Å². The second kappa shape index (κ2) is 6.18. The highest BCUT2D eigenvalue weighted by Gasteiger charge is 2.43. The zero-order valence-electron chi connectivity index (χ0n) is 12.2. The number of ether oxygens (including phenoxy) is 1. The summed E-state index contributed by atoms with van der Waals surface area (Å²) >= 11 is 2.08. The third-order valence-electron chi connectivity index (χ3n) is 4.23. The van der Waals surface area contributed by atoms with Crippen molar-refractivity contribution in [2.75, 3.05) is 0 Å². The van der Waals surface area contributed by atoms with Crippen LogP contribution in [0.15, 0.2) is 18.2 Å². The summed E-state index contributed by atoms with van der Waals surface area (Å²) in [6.07, 6.45) is 3.79. The molecule has 1 saturated carbocycles. The van der Waals surface area contributed by atoms with Crippen molar-refractivity contribution in [3.8, 4) is 0 Å². The van der Waals surface area contributed by atoms with Gasteiger partial charge in [0.2, 0.25) is 0 Å². The Labute approximate surface area is 137 Å². The van der Waals surface area contributed by atoms with Gasteiger partial charge in [-0.1, -0.05) is 35.6 Å². The molecule has 0 spiro atoms. The Morgan fingerprint density at radius 2 is 1.95 bits per heavy atom. The highest BCUT2D eigenvalue weighted by molar-refractivity contribution is 14.1. The average Bonchev–Trinajstić information content (AvgIpc) is 2.91. The number of alkyl halides is 1. The molecule has 116 valence electrons. The third kappa shape index (κ3) is 3.38. The highest BCUT2D eigenvalue weighted by atomic mass is 127. The molecular weight excluding hydrogens is 389 g/mol. The van der Waals surface area contributed by atoms with Gasteiger partial charge in [-0.2, -0.15) is 0 Å². The van der Waals surface area contributed by atoms with Gasteiger partial charge in [0.25, 0.3) is 0 Å². The fourth-order valence-corrected chi connectivity index (χ4v) is 2.71. The summed E-state index contributed by atoms with van der Waals surface area (Å²) in [5, 5.41) is 0. The fourth-order valence-electron chi connectivity index (χ4n) is 2.60. The molecule has 0 aromatic heterocycles. The maximum absolute atomic E-state index is 13.5. The molecule has 1 aromatic rings. The second-order valence-corrected chi connectivity index (χ2v) is 8.15. The molecule has 0 amide bonds. The van der Waals surface area contributed by atoms with E-state index in [1.165, 1.54) is 6.07 Å². The first kappa shape index (κ1) is 16.6. The molecule has 1 atom stereocenters. The van der Waals surface area contributed by atoms with Gasteiger partial charge in [-0.3, -0.25) is 4.79 Å². The van der Waals surface area contributed by atoms with Crippen LogP contribution in [0.5, 0.6) is 0 Å². The summed E-state index contributed by atoms with van der Waals surface area (Å²) in [5.74, 6) is -2.08. The zero-order valence-corrected chi connectivity index (χ0v) is 14.4. The van der Waals surface area contributed by atoms with Gasteiger partial charge in [0, 0.05) is 0 Å². The number of esters is 1. The van der Waals surface area contributed by atoms with Crippen molar-refractivity contribution in [2.45, 2.75) is 55.0 Å². The molecule has 0 saturated heterocycles. The molecule has 2 nitrogen and oxygen atoms in total. The number of hydrogen-bond acceptors (Lipinski definition) is 2. The molecule has 0 bridgehead atoms. The van der Waals surface area contributed by atoms with Crippen LogP contribution in [0.2, 0.25) is 0 Å². The second-order valence-electron chi connectivity index (χ2n) is 5.77. The van der Waals surface area contributed by atoms with Crippen LogP contribution in [-0.2, 0) is 15.1 Å². The van der Waals surface area contributed by atoms with E-state index in [1.54, 1.807) is 0 Å². The Balaban J connectivity index is 2.33. The molecule has 0 aliphatic heterocycles. The van der Waals surface area contributed by atoms with Crippen LogP contribution < -0.4 is 0 Å². The molecule has 2 rings (SSSR count). The lowest BCUT2D eigenvalue weighted by Gasteiger charge is -2.33. The Morgan fingerprint density at radius 3 is 2.48 bits per heavy atom. The predicted octanol–water partition coefficient (Wildman–Crippen LogP) is 4.88. The number of halogens is 3. The van der Waals surface area contributed by atoms with Crippen LogP contribution in [-0.4, -0.2) is 9.39 Å². The Bertz CT molecular complexity index is 537. The van der Waals surface area contributed by atoms with E-state index in [9.17, 15) is 13.6 Å². The number of carbonyl (C=O) groups excluding carboxylic acids is 1. The maximum Gasteiger partial charge on any atom is 0.322 e. The van der Waals surface area contributed by atoms with Gasteiger partial charge in [-0.15, -0.1) is 0 Å². The van der Waals surface area contributed by atoms with E-state index >= 15 is 0 Å². The molecule has 1 fully saturated rings. The standard InChI is InChI=1S/C16H19F2IO2/c1-3-15(2,19)14(20)21-16(8-4-5-9-16)11-6-7-12(17)13(18)10-11/h6-7,10H,3-5,8-9H2,1-2H3. The van der Waals surface area contributed by atoms with Crippen molar-refractivity contribution in [1.82, 2.24) is 0 Å². The van der Waals surface area contributed by atoms with E-state index in [0.29, 0.717) is 24.8 Å². The molecule has 21 heavy (non-hydrogen) atoms. The maximum atomic E-state index is 13.5. The van der Waals surface area contributed by atoms with Crippen molar-refractivity contribution < 1.29 is 18.3 Å². The Morgan fingerprint density at radius 1 is 1.33 bits per heavy atom. The SMILES string of the molecule is CCC(C)(I)C(=O)OC1(c2ccc(F)c(F)c2)CCCC1. The third-order valence-corrected chi connectivity index (χ3v) is 5.44. The van der Waals surface area contributed by atoms with Crippen LogP contribution >= 0.6 is 22.6 Å². The molecule has 0 radical (unpaired) electrons. The van der Waals surface area contributed by atoms with Crippen molar-refractivity contribution >= 4 is 28.6 Å². The summed E-state index contributed by atoms with van der Waals surface area (Å²) in [7, 11) is 0. The van der Waals surface area contributed by atoms with Gasteiger partial charge >= 0.3 is 5.97 Å². The summed E-state index contributed by atoms with van der Waals surface area (Å²) < 4.78 is 31.9. The van der Waals surface area contributed by atoms with E-state index in [2.05, 4.69) is 22.6 Å². The topological polar surface area (TPSA) is 26.3 Å². The first-order valence-corrected chi connectivity index (χ1v) is 8.26. The van der Waals surface area contributed by atoms with E-state index in [0.717, 1.165) is 25.0 Å². The first-order chi connectivity index (χ1) is 9.81. The Kier molecular flexibility index (Phi) is 4.90. The molecule has 1 aliphatic carbocycles. The first-order valence-electron chi connectivity index (χ1n) is 7.19. The van der Waals surface area contributed by atoms with E-state index in [4.69, 9.17) is 4.74 Å². The van der Waals surface area contributed by atoms with Crippen molar-refractivity contribution in [3.63, 3.8) is 0 Å². The predicted molar refractivity (Wildman–Crippen MR) is 85.3 cm³/mol. The van der Waals surface area contributed by atoms with Crippen molar-refractivity contribution in [3.05, 3.63) is 35.4 Å². The van der Waals surface area contributed by atoms with Gasteiger partial charge in [-0.05, 0) is 56.7 Å². The van der Waals surface area contributed by atoms with Crippen LogP contribution in [0.1, 0.15) is 51.5 Å². The highest BCUT2D eigenvalue weighted by Crippen LogP contribution is 2.44. The minimum Gasteiger partial charge on any atom is -0.453 e. The number of benzene rings is 1. The lowest BCUT2D eigenvalue weighted by Crippen LogP contribution is -2.38. The van der Waals surface area contributed by atoms with Gasteiger partial charge in [0.15, 0.2) is 11.6 Å². The van der Waals surface area contributed by atoms with Crippen LogP contribution in [0.3, 0.4) is 0 Å². The minimum absolute atomic E-state index is 0.294. The molecular formula is C16H19F2IO2. The average molecular weight is 408 g/mol. The molecule has 0 N–H and O–H groups in total. The normalized spacial score (nSPS) is 20.0. The van der Waals surface area contributed by atoms with E-state index in [-0.39, 0.29) is 5.97 Å². The van der Waals surface area contributed by atoms with Gasteiger partial charge < -0.3 is 4.74 Å². The van der Waals surface area contributed by atoms with Crippen LogP contribution in [0.4, 0.5) is 8.78 Å². The number of rotatable bonds is 4. The molecule has 1 aromatic carbocycles. The number of hydrogen-bond donors (Lipinski definition) is 0. The quantitative estimate of drug-likeness (QED) is 0.403. The molecule has 5 heteroatoms. The van der Waals surface area contributed by atoms with Gasteiger partial charge in [0.05, 0.1) is 0 Å². The minimum atomic E-state index is -0.900. The zero-order chi connectivity index (χ0) is 15.7. The lowest BCUT2D eigenvalue weighted by atomic mass is 9.91. The van der Waals surface area contributed by atoms with E-state index in [1.807, 2.05) is 13.8 Å². The monoisotopic (exact) mass is 408 g/mol. The summed E-state index contributed by atoms with van der Waals surface area (Å²) in [6.45, 7) is 3.75. The molecule has 0 heterocycles. The van der Waals surface area contributed by atoms with E-state index < -0.39 is 20.7 Å². The van der Waals surface area contributed by atoms with Crippen LogP contribution in [0, 0.1) is 11.6 Å². The van der Waals surface area contributed by atoms with Gasteiger partial charge in [0.1, 0.15) is 9.02 Å². The van der Waals surface area contributed by atoms with Crippen LogP contribution in [0.25, 0.3) is 0 Å². The van der Waals surface area contributed by atoms with Crippen molar-refractivity contribution in [2.24, 2.45) is 0 Å². The lowest BCUT2D eigenvalue weighted by molar-refractivity contribution is -0.162. The smallest absolute Gasteiger partial charge is 0.322 e. The summed E-state index contributed by atoms with van der Waals surface area (Å²) in [5.41, 5.74) is -0.261. The van der Waals surface area contributed by atoms with Crippen molar-refractivity contribution in [1.29, 1.82) is 0 Å². The largest absolute Gasteiger partial charge is 0.453 e. The molecule has 1 unspecified atom stereocenters. The summed E-state index contributed by atoms with van der Waals surface area (Å²) in [4.78, 5) is 12.4. The molecule has 1 aliphatic rings. The summed E-state index contributed by atoms with van der Waals surface area (Å²) in [6, 6.07) is 3.78.